The highest BCUT2D eigenvalue weighted by Crippen LogP contribution is 2.12. The van der Waals surface area contributed by atoms with Crippen molar-refractivity contribution < 1.29 is 28.6 Å². The van der Waals surface area contributed by atoms with E-state index in [0.29, 0.717) is 19.3 Å². The Hall–Kier alpha value is -2.89. The Morgan fingerprint density at radius 3 is 1.26 bits per heavy atom. The Morgan fingerprint density at radius 1 is 0.396 bits per heavy atom. The van der Waals surface area contributed by atoms with E-state index in [1.54, 1.807) is 0 Å². The molecule has 0 radical (unpaired) electrons. The van der Waals surface area contributed by atoms with E-state index in [1.165, 1.54) is 44.9 Å². The fraction of sp³-hybridized carbons (Fsp3) is 0.723. The quantitative estimate of drug-likeness (QED) is 0.0271. The van der Waals surface area contributed by atoms with Crippen LogP contribution in [0.15, 0.2) is 60.8 Å². The Kier molecular flexibility index (Phi) is 39.6. The standard InChI is InChI=1S/C47H80O6/c1-4-7-10-13-16-19-22-24-26-28-31-34-37-40-46(49)52-43-44(42-51-45(48)39-36-33-30-27-21-18-15-12-9-6-3)53-47(50)41-38-35-32-29-25-23-20-17-14-11-8-5-2/h7,10,12,15-17,19-20,24,26,44H,4-6,8-9,11,13-14,18,21-23,25,27-43H2,1-3H3/b10-7-,15-12-,19-16-,20-17-,26-24-. The van der Waals surface area contributed by atoms with E-state index in [0.717, 1.165) is 116 Å². The van der Waals surface area contributed by atoms with Gasteiger partial charge in [0.1, 0.15) is 13.2 Å². The van der Waals surface area contributed by atoms with Gasteiger partial charge in [0.05, 0.1) is 0 Å². The van der Waals surface area contributed by atoms with Gasteiger partial charge in [-0.3, -0.25) is 14.4 Å². The number of hydrogen-bond acceptors (Lipinski definition) is 6. The number of hydrogen-bond donors (Lipinski definition) is 0. The van der Waals surface area contributed by atoms with Crippen LogP contribution >= 0.6 is 0 Å². The molecule has 0 rings (SSSR count). The van der Waals surface area contributed by atoms with E-state index >= 15 is 0 Å². The van der Waals surface area contributed by atoms with Crippen molar-refractivity contribution in [2.45, 2.75) is 207 Å². The molecule has 0 aliphatic rings. The minimum Gasteiger partial charge on any atom is -0.462 e. The molecule has 0 aromatic rings. The van der Waals surface area contributed by atoms with Crippen LogP contribution in [0.1, 0.15) is 201 Å². The predicted octanol–water partition coefficient (Wildman–Crippen LogP) is 13.7. The van der Waals surface area contributed by atoms with E-state index in [9.17, 15) is 14.4 Å². The van der Waals surface area contributed by atoms with Crippen molar-refractivity contribution in [3.8, 4) is 0 Å². The van der Waals surface area contributed by atoms with Crippen molar-refractivity contribution in [1.82, 2.24) is 0 Å². The predicted molar refractivity (Wildman–Crippen MR) is 224 cm³/mol. The zero-order chi connectivity index (χ0) is 38.7. The Balaban J connectivity index is 4.45. The minimum atomic E-state index is -0.790. The van der Waals surface area contributed by atoms with E-state index in [2.05, 4.69) is 81.5 Å². The number of esters is 3. The van der Waals surface area contributed by atoms with Gasteiger partial charge in [0.15, 0.2) is 6.10 Å². The molecule has 0 saturated heterocycles. The van der Waals surface area contributed by atoms with Gasteiger partial charge in [-0.2, -0.15) is 0 Å². The third kappa shape index (κ3) is 40.1. The maximum atomic E-state index is 12.7. The van der Waals surface area contributed by atoms with Crippen LogP contribution in [0.25, 0.3) is 0 Å². The smallest absolute Gasteiger partial charge is 0.306 e. The largest absolute Gasteiger partial charge is 0.462 e. The highest BCUT2D eigenvalue weighted by Gasteiger charge is 2.19. The molecule has 0 aromatic carbocycles. The molecule has 0 N–H and O–H groups in total. The summed E-state index contributed by atoms with van der Waals surface area (Å²) in [5, 5.41) is 0. The molecule has 0 bridgehead atoms. The number of unbranched alkanes of at least 4 members (excludes halogenated alkanes) is 17. The van der Waals surface area contributed by atoms with E-state index in [-0.39, 0.29) is 31.1 Å². The van der Waals surface area contributed by atoms with Gasteiger partial charge in [-0.1, -0.05) is 146 Å². The number of carbonyl (C=O) groups is 3. The van der Waals surface area contributed by atoms with Crippen LogP contribution in [0.4, 0.5) is 0 Å². The van der Waals surface area contributed by atoms with Crippen LogP contribution < -0.4 is 0 Å². The van der Waals surface area contributed by atoms with Gasteiger partial charge in [-0.15, -0.1) is 0 Å². The molecule has 0 amide bonds. The summed E-state index contributed by atoms with van der Waals surface area (Å²) in [4.78, 5) is 37.6. The van der Waals surface area contributed by atoms with Crippen molar-refractivity contribution in [3.05, 3.63) is 60.8 Å². The molecule has 0 heterocycles. The monoisotopic (exact) mass is 741 g/mol. The summed E-state index contributed by atoms with van der Waals surface area (Å²) in [7, 11) is 0. The zero-order valence-electron chi connectivity index (χ0n) is 34.5. The van der Waals surface area contributed by atoms with Crippen molar-refractivity contribution in [2.24, 2.45) is 0 Å². The molecule has 304 valence electrons. The van der Waals surface area contributed by atoms with Crippen LogP contribution in [0.3, 0.4) is 0 Å². The summed E-state index contributed by atoms with van der Waals surface area (Å²) in [6.07, 6.45) is 49.2. The summed E-state index contributed by atoms with van der Waals surface area (Å²) in [6.45, 7) is 6.37. The first-order valence-corrected chi connectivity index (χ1v) is 21.8. The zero-order valence-corrected chi connectivity index (χ0v) is 34.5. The normalized spacial score (nSPS) is 12.6. The van der Waals surface area contributed by atoms with Gasteiger partial charge >= 0.3 is 17.9 Å². The lowest BCUT2D eigenvalue weighted by Crippen LogP contribution is -2.30. The molecular weight excluding hydrogens is 661 g/mol. The van der Waals surface area contributed by atoms with E-state index in [4.69, 9.17) is 14.2 Å². The first kappa shape index (κ1) is 50.1. The molecule has 0 spiro atoms. The first-order valence-electron chi connectivity index (χ1n) is 21.8. The van der Waals surface area contributed by atoms with Crippen LogP contribution in [0.5, 0.6) is 0 Å². The second kappa shape index (κ2) is 41.9. The topological polar surface area (TPSA) is 78.9 Å². The van der Waals surface area contributed by atoms with Crippen molar-refractivity contribution in [2.75, 3.05) is 13.2 Å². The maximum absolute atomic E-state index is 12.7. The van der Waals surface area contributed by atoms with Crippen molar-refractivity contribution in [1.29, 1.82) is 0 Å². The Morgan fingerprint density at radius 2 is 0.774 bits per heavy atom. The average Bonchev–Trinajstić information content (AvgIpc) is 3.15. The van der Waals surface area contributed by atoms with Crippen molar-refractivity contribution in [3.63, 3.8) is 0 Å². The molecule has 0 aliphatic heterocycles. The highest BCUT2D eigenvalue weighted by atomic mass is 16.6. The van der Waals surface area contributed by atoms with Crippen LogP contribution in [0, 0.1) is 0 Å². The fourth-order valence-electron chi connectivity index (χ4n) is 5.69. The molecule has 1 atom stereocenters. The average molecular weight is 741 g/mol. The van der Waals surface area contributed by atoms with Gasteiger partial charge in [-0.05, 0) is 96.3 Å². The Bertz CT molecular complexity index is 991. The van der Waals surface area contributed by atoms with Gasteiger partial charge in [0.25, 0.3) is 0 Å². The summed E-state index contributed by atoms with van der Waals surface area (Å²) in [5.74, 6) is -0.949. The maximum Gasteiger partial charge on any atom is 0.306 e. The second-order valence-corrected chi connectivity index (χ2v) is 14.2. The summed E-state index contributed by atoms with van der Waals surface area (Å²) in [6, 6.07) is 0. The summed E-state index contributed by atoms with van der Waals surface area (Å²) >= 11 is 0. The van der Waals surface area contributed by atoms with Gasteiger partial charge in [-0.25, -0.2) is 0 Å². The third-order valence-electron chi connectivity index (χ3n) is 8.96. The SMILES string of the molecule is CC/C=C\C/C=C\C/C=C\CCCCCC(=O)OCC(COC(=O)CCCCCCC/C=C\CCC)OC(=O)CCCCCCC/C=C\CCCCC. The second-order valence-electron chi connectivity index (χ2n) is 14.2. The highest BCUT2D eigenvalue weighted by molar-refractivity contribution is 5.71. The van der Waals surface area contributed by atoms with Gasteiger partial charge in [0, 0.05) is 19.3 Å². The van der Waals surface area contributed by atoms with Crippen molar-refractivity contribution >= 4 is 17.9 Å². The molecular formula is C47H80O6. The van der Waals surface area contributed by atoms with Gasteiger partial charge in [0.2, 0.25) is 0 Å². The summed E-state index contributed by atoms with van der Waals surface area (Å²) < 4.78 is 16.6. The Labute approximate surface area is 326 Å². The van der Waals surface area contributed by atoms with E-state index in [1.807, 2.05) is 0 Å². The lowest BCUT2D eigenvalue weighted by molar-refractivity contribution is -0.167. The number of carbonyl (C=O) groups excluding carboxylic acids is 3. The molecule has 0 aliphatic carbocycles. The van der Waals surface area contributed by atoms with Crippen LogP contribution in [0.2, 0.25) is 0 Å². The lowest BCUT2D eigenvalue weighted by atomic mass is 10.1. The number of allylic oxidation sites excluding steroid dienone is 10. The fourth-order valence-corrected chi connectivity index (χ4v) is 5.69. The minimum absolute atomic E-state index is 0.0924. The molecule has 0 saturated carbocycles. The number of rotatable bonds is 38. The molecule has 6 heteroatoms. The van der Waals surface area contributed by atoms with Crippen LogP contribution in [-0.2, 0) is 28.6 Å². The first-order chi connectivity index (χ1) is 26.0. The number of ether oxygens (including phenoxy) is 3. The molecule has 0 fully saturated rings. The third-order valence-corrected chi connectivity index (χ3v) is 8.96. The van der Waals surface area contributed by atoms with Crippen LogP contribution in [-0.4, -0.2) is 37.2 Å². The molecule has 1 unspecified atom stereocenters. The molecule has 53 heavy (non-hydrogen) atoms. The summed E-state index contributed by atoms with van der Waals surface area (Å²) in [5.41, 5.74) is 0. The lowest BCUT2D eigenvalue weighted by Gasteiger charge is -2.18. The molecule has 6 nitrogen and oxygen atoms in total. The molecule has 0 aromatic heterocycles. The van der Waals surface area contributed by atoms with Gasteiger partial charge < -0.3 is 14.2 Å². The van der Waals surface area contributed by atoms with E-state index < -0.39 is 6.10 Å².